The number of halogens is 1. The van der Waals surface area contributed by atoms with E-state index in [-0.39, 0.29) is 0 Å². The molecule has 0 aliphatic rings. The van der Waals surface area contributed by atoms with E-state index < -0.39 is 0 Å². The SMILES string of the molecule is CC(C)CNc1ncnc2scc(Cl)c12. The Morgan fingerprint density at radius 1 is 1.47 bits per heavy atom. The van der Waals surface area contributed by atoms with E-state index in [2.05, 4.69) is 29.1 Å². The third kappa shape index (κ3) is 2.21. The van der Waals surface area contributed by atoms with E-state index in [1.165, 1.54) is 11.3 Å². The standard InChI is InChI=1S/C10H12ClN3S/c1-6(2)3-12-9-8-7(11)4-15-10(8)14-5-13-9/h4-6H,3H2,1-2H3,(H,12,13,14). The van der Waals surface area contributed by atoms with Gasteiger partial charge in [-0.1, -0.05) is 25.4 Å². The van der Waals surface area contributed by atoms with E-state index in [0.717, 1.165) is 27.6 Å². The lowest BCUT2D eigenvalue weighted by molar-refractivity contribution is 0.687. The molecule has 0 saturated heterocycles. The van der Waals surface area contributed by atoms with E-state index in [4.69, 9.17) is 11.6 Å². The molecule has 0 fully saturated rings. The van der Waals surface area contributed by atoms with Crippen molar-refractivity contribution >= 4 is 39.0 Å². The van der Waals surface area contributed by atoms with Crippen molar-refractivity contribution in [1.29, 1.82) is 0 Å². The molecular weight excluding hydrogens is 230 g/mol. The van der Waals surface area contributed by atoms with Crippen molar-refractivity contribution in [2.24, 2.45) is 5.92 Å². The molecule has 2 heterocycles. The summed E-state index contributed by atoms with van der Waals surface area (Å²) in [6.07, 6.45) is 1.57. The van der Waals surface area contributed by atoms with Crippen LogP contribution in [0.1, 0.15) is 13.8 Å². The zero-order chi connectivity index (χ0) is 10.8. The molecule has 0 unspecified atom stereocenters. The maximum Gasteiger partial charge on any atom is 0.139 e. The number of hydrogen-bond acceptors (Lipinski definition) is 4. The first-order chi connectivity index (χ1) is 7.18. The summed E-state index contributed by atoms with van der Waals surface area (Å²) in [6, 6.07) is 0. The molecule has 0 aliphatic carbocycles. The van der Waals surface area contributed by atoms with Gasteiger partial charge in [0.2, 0.25) is 0 Å². The minimum absolute atomic E-state index is 0.576. The molecule has 0 bridgehead atoms. The van der Waals surface area contributed by atoms with Crippen LogP contribution in [0.4, 0.5) is 5.82 Å². The summed E-state index contributed by atoms with van der Waals surface area (Å²) in [6.45, 7) is 5.19. The fourth-order valence-electron chi connectivity index (χ4n) is 1.28. The molecule has 0 amide bonds. The molecule has 0 atom stereocenters. The van der Waals surface area contributed by atoms with Crippen molar-refractivity contribution in [3.05, 3.63) is 16.7 Å². The Kier molecular flexibility index (Phi) is 3.07. The summed E-state index contributed by atoms with van der Waals surface area (Å²) in [5.41, 5.74) is 0. The van der Waals surface area contributed by atoms with Crippen LogP contribution in [0, 0.1) is 5.92 Å². The minimum Gasteiger partial charge on any atom is -0.369 e. The normalized spacial score (nSPS) is 11.2. The van der Waals surface area contributed by atoms with Crippen LogP contribution in [0.25, 0.3) is 10.2 Å². The number of aromatic nitrogens is 2. The smallest absolute Gasteiger partial charge is 0.139 e. The Bertz CT molecular complexity index is 467. The second-order valence-corrected chi connectivity index (χ2v) is 5.03. The van der Waals surface area contributed by atoms with E-state index in [0.29, 0.717) is 5.92 Å². The second kappa shape index (κ2) is 4.33. The van der Waals surface area contributed by atoms with E-state index >= 15 is 0 Å². The third-order valence-corrected chi connectivity index (χ3v) is 3.32. The zero-order valence-corrected chi connectivity index (χ0v) is 10.2. The molecule has 0 saturated carbocycles. The monoisotopic (exact) mass is 241 g/mol. The van der Waals surface area contributed by atoms with Gasteiger partial charge in [0.15, 0.2) is 0 Å². The van der Waals surface area contributed by atoms with Crippen molar-refractivity contribution in [2.45, 2.75) is 13.8 Å². The summed E-state index contributed by atoms with van der Waals surface area (Å²) in [5.74, 6) is 1.41. The summed E-state index contributed by atoms with van der Waals surface area (Å²) >= 11 is 7.62. The van der Waals surface area contributed by atoms with Crippen LogP contribution < -0.4 is 5.32 Å². The van der Waals surface area contributed by atoms with Crippen molar-refractivity contribution in [2.75, 3.05) is 11.9 Å². The predicted molar refractivity (Wildman–Crippen MR) is 65.8 cm³/mol. The van der Waals surface area contributed by atoms with E-state index in [1.54, 1.807) is 6.33 Å². The van der Waals surface area contributed by atoms with Gasteiger partial charge in [-0.2, -0.15) is 0 Å². The number of hydrogen-bond donors (Lipinski definition) is 1. The van der Waals surface area contributed by atoms with Crippen LogP contribution in [0.3, 0.4) is 0 Å². The summed E-state index contributed by atoms with van der Waals surface area (Å²) in [4.78, 5) is 9.32. The first kappa shape index (κ1) is 10.6. The summed E-state index contributed by atoms with van der Waals surface area (Å²) in [7, 11) is 0. The van der Waals surface area contributed by atoms with Gasteiger partial charge >= 0.3 is 0 Å². The molecule has 0 spiro atoms. The van der Waals surface area contributed by atoms with Gasteiger partial charge in [-0.3, -0.25) is 0 Å². The number of anilines is 1. The maximum absolute atomic E-state index is 6.08. The second-order valence-electron chi connectivity index (χ2n) is 3.76. The number of nitrogens with zero attached hydrogens (tertiary/aromatic N) is 2. The molecule has 0 aromatic carbocycles. The summed E-state index contributed by atoms with van der Waals surface area (Å²) in [5, 5.41) is 6.83. The highest BCUT2D eigenvalue weighted by molar-refractivity contribution is 7.17. The molecule has 0 aliphatic heterocycles. The lowest BCUT2D eigenvalue weighted by atomic mass is 10.2. The molecule has 1 N–H and O–H groups in total. The number of nitrogens with one attached hydrogen (secondary N) is 1. The largest absolute Gasteiger partial charge is 0.369 e. The van der Waals surface area contributed by atoms with Gasteiger partial charge in [0.1, 0.15) is 17.0 Å². The van der Waals surface area contributed by atoms with Crippen LogP contribution in [0.2, 0.25) is 5.02 Å². The minimum atomic E-state index is 0.576. The Morgan fingerprint density at radius 3 is 3.00 bits per heavy atom. The number of fused-ring (bicyclic) bond motifs is 1. The van der Waals surface area contributed by atoms with Gasteiger partial charge in [-0.25, -0.2) is 9.97 Å². The molecule has 80 valence electrons. The fraction of sp³-hybridized carbons (Fsp3) is 0.400. The van der Waals surface area contributed by atoms with Crippen molar-refractivity contribution in [3.8, 4) is 0 Å². The molecule has 3 nitrogen and oxygen atoms in total. The Hall–Kier alpha value is -0.870. The maximum atomic E-state index is 6.08. The molecular formula is C10H12ClN3S. The molecule has 15 heavy (non-hydrogen) atoms. The van der Waals surface area contributed by atoms with Crippen LogP contribution in [-0.2, 0) is 0 Å². The predicted octanol–water partition coefficient (Wildman–Crippen LogP) is 3.41. The first-order valence-electron chi connectivity index (χ1n) is 4.80. The molecule has 2 rings (SSSR count). The molecule has 5 heteroatoms. The van der Waals surface area contributed by atoms with Gasteiger partial charge in [-0.05, 0) is 5.92 Å². The lowest BCUT2D eigenvalue weighted by Crippen LogP contribution is -2.09. The molecule has 2 aromatic heterocycles. The molecule has 0 radical (unpaired) electrons. The fourth-order valence-corrected chi connectivity index (χ4v) is 2.41. The summed E-state index contributed by atoms with van der Waals surface area (Å²) < 4.78 is 0. The lowest BCUT2D eigenvalue weighted by Gasteiger charge is -2.08. The van der Waals surface area contributed by atoms with Crippen molar-refractivity contribution in [3.63, 3.8) is 0 Å². The van der Waals surface area contributed by atoms with Crippen LogP contribution in [0.5, 0.6) is 0 Å². The highest BCUT2D eigenvalue weighted by atomic mass is 35.5. The Labute approximate surface area is 97.5 Å². The Balaban J connectivity index is 2.37. The topological polar surface area (TPSA) is 37.8 Å². The average Bonchev–Trinajstić information content (AvgIpc) is 2.58. The van der Waals surface area contributed by atoms with Crippen molar-refractivity contribution in [1.82, 2.24) is 9.97 Å². The van der Waals surface area contributed by atoms with Crippen molar-refractivity contribution < 1.29 is 0 Å². The van der Waals surface area contributed by atoms with Gasteiger partial charge in [-0.15, -0.1) is 11.3 Å². The first-order valence-corrected chi connectivity index (χ1v) is 6.06. The van der Waals surface area contributed by atoms with Crippen LogP contribution in [-0.4, -0.2) is 16.5 Å². The van der Waals surface area contributed by atoms with Gasteiger partial charge < -0.3 is 5.32 Å². The zero-order valence-electron chi connectivity index (χ0n) is 8.62. The quantitative estimate of drug-likeness (QED) is 0.895. The van der Waals surface area contributed by atoms with Gasteiger partial charge in [0, 0.05) is 11.9 Å². The Morgan fingerprint density at radius 2 is 2.27 bits per heavy atom. The molecule has 2 aromatic rings. The van der Waals surface area contributed by atoms with Gasteiger partial charge in [0.05, 0.1) is 10.4 Å². The van der Waals surface area contributed by atoms with Crippen LogP contribution in [0.15, 0.2) is 11.7 Å². The van der Waals surface area contributed by atoms with E-state index in [9.17, 15) is 0 Å². The highest BCUT2D eigenvalue weighted by Crippen LogP contribution is 2.32. The number of rotatable bonds is 3. The van der Waals surface area contributed by atoms with E-state index in [1.807, 2.05) is 5.38 Å². The average molecular weight is 242 g/mol. The highest BCUT2D eigenvalue weighted by Gasteiger charge is 2.09. The van der Waals surface area contributed by atoms with Gasteiger partial charge in [0.25, 0.3) is 0 Å². The van der Waals surface area contributed by atoms with Crippen LogP contribution >= 0.6 is 22.9 Å². The number of thiophene rings is 1. The third-order valence-electron chi connectivity index (χ3n) is 2.00.